The van der Waals surface area contributed by atoms with Crippen LogP contribution in [0.4, 0.5) is 0 Å². The number of aryl methyl sites for hydroxylation is 2. The Kier molecular flexibility index (Phi) is 4.74. The summed E-state index contributed by atoms with van der Waals surface area (Å²) in [5, 5.41) is 4.80. The van der Waals surface area contributed by atoms with Crippen LogP contribution in [0, 0.1) is 13.8 Å². The first kappa shape index (κ1) is 12.7. The van der Waals surface area contributed by atoms with Crippen molar-refractivity contribution >= 4 is 11.3 Å². The van der Waals surface area contributed by atoms with E-state index in [2.05, 4.69) is 44.9 Å². The molecule has 1 heterocycles. The van der Waals surface area contributed by atoms with Crippen LogP contribution >= 0.6 is 11.3 Å². The highest BCUT2D eigenvalue weighted by Gasteiger charge is 2.15. The van der Waals surface area contributed by atoms with Gasteiger partial charge < -0.3 is 5.32 Å². The smallest absolute Gasteiger partial charge is 0.0900 e. The number of hydrogen-bond acceptors (Lipinski definition) is 3. The molecular weight excluding hydrogens is 204 g/mol. The van der Waals surface area contributed by atoms with Crippen LogP contribution in [0.5, 0.6) is 0 Å². The molecule has 0 spiro atoms. The Morgan fingerprint density at radius 3 is 2.27 bits per heavy atom. The van der Waals surface area contributed by atoms with Gasteiger partial charge in [0.25, 0.3) is 0 Å². The van der Waals surface area contributed by atoms with Gasteiger partial charge in [0.05, 0.1) is 10.7 Å². The zero-order chi connectivity index (χ0) is 11.4. The Balaban J connectivity index is 2.67. The molecule has 1 atom stereocenters. The van der Waals surface area contributed by atoms with E-state index in [1.807, 2.05) is 0 Å². The first-order valence-corrected chi connectivity index (χ1v) is 6.60. The van der Waals surface area contributed by atoms with Gasteiger partial charge in [-0.05, 0) is 33.6 Å². The fraction of sp³-hybridized carbons (Fsp3) is 0.750. The Hall–Kier alpha value is -0.410. The molecule has 3 heteroatoms. The van der Waals surface area contributed by atoms with Gasteiger partial charge >= 0.3 is 0 Å². The molecule has 15 heavy (non-hydrogen) atoms. The lowest BCUT2D eigenvalue weighted by Crippen LogP contribution is -2.30. The molecule has 0 bridgehead atoms. The molecule has 86 valence electrons. The van der Waals surface area contributed by atoms with Crippen LogP contribution in [-0.4, -0.2) is 11.0 Å². The van der Waals surface area contributed by atoms with Crippen molar-refractivity contribution < 1.29 is 0 Å². The largest absolute Gasteiger partial charge is 0.306 e. The van der Waals surface area contributed by atoms with Crippen molar-refractivity contribution in [2.75, 3.05) is 0 Å². The highest BCUT2D eigenvalue weighted by molar-refractivity contribution is 7.11. The molecule has 0 aliphatic carbocycles. The van der Waals surface area contributed by atoms with E-state index in [9.17, 15) is 0 Å². The van der Waals surface area contributed by atoms with E-state index in [-0.39, 0.29) is 0 Å². The second kappa shape index (κ2) is 5.61. The molecule has 1 aromatic heterocycles. The van der Waals surface area contributed by atoms with Gasteiger partial charge in [-0.25, -0.2) is 4.98 Å². The lowest BCUT2D eigenvalue weighted by Gasteiger charge is -2.20. The summed E-state index contributed by atoms with van der Waals surface area (Å²) < 4.78 is 0. The van der Waals surface area contributed by atoms with Crippen LogP contribution in [0.1, 0.15) is 55.2 Å². The van der Waals surface area contributed by atoms with Crippen molar-refractivity contribution in [3.63, 3.8) is 0 Å². The summed E-state index contributed by atoms with van der Waals surface area (Å²) in [7, 11) is 0. The van der Waals surface area contributed by atoms with E-state index in [0.717, 1.165) is 0 Å². The summed E-state index contributed by atoms with van der Waals surface area (Å²) >= 11 is 1.79. The monoisotopic (exact) mass is 226 g/mol. The van der Waals surface area contributed by atoms with Crippen LogP contribution in [0.2, 0.25) is 0 Å². The molecule has 1 aromatic rings. The number of hydrogen-bond donors (Lipinski definition) is 1. The molecule has 0 aromatic carbocycles. The minimum Gasteiger partial charge on any atom is -0.306 e. The summed E-state index contributed by atoms with van der Waals surface area (Å²) in [6.45, 7) is 10.9. The van der Waals surface area contributed by atoms with Crippen LogP contribution < -0.4 is 5.32 Å². The topological polar surface area (TPSA) is 24.9 Å². The van der Waals surface area contributed by atoms with E-state index in [0.29, 0.717) is 12.1 Å². The maximum Gasteiger partial charge on any atom is 0.0900 e. The normalized spacial score (nSPS) is 13.5. The van der Waals surface area contributed by atoms with Crippen molar-refractivity contribution in [1.82, 2.24) is 10.3 Å². The predicted molar refractivity (Wildman–Crippen MR) is 67.5 cm³/mol. The third kappa shape index (κ3) is 3.28. The van der Waals surface area contributed by atoms with Crippen LogP contribution in [-0.2, 0) is 0 Å². The van der Waals surface area contributed by atoms with Gasteiger partial charge in [0, 0.05) is 17.0 Å². The standard InChI is InChI=1S/C12H22N2S/c1-6-11(7-2)13-8(3)12-9(4)15-10(5)14-12/h8,11,13H,6-7H2,1-5H3. The molecule has 0 aliphatic heterocycles. The maximum absolute atomic E-state index is 4.59. The number of aromatic nitrogens is 1. The van der Waals surface area contributed by atoms with Crippen molar-refractivity contribution in [1.29, 1.82) is 0 Å². The van der Waals surface area contributed by atoms with E-state index >= 15 is 0 Å². The molecule has 1 rings (SSSR count). The third-order valence-corrected chi connectivity index (χ3v) is 3.72. The second-order valence-electron chi connectivity index (χ2n) is 4.08. The highest BCUT2D eigenvalue weighted by Crippen LogP contribution is 2.23. The van der Waals surface area contributed by atoms with Crippen molar-refractivity contribution in [2.24, 2.45) is 0 Å². The zero-order valence-corrected chi connectivity index (χ0v) is 11.2. The van der Waals surface area contributed by atoms with Crippen LogP contribution in [0.3, 0.4) is 0 Å². The zero-order valence-electron chi connectivity index (χ0n) is 10.4. The molecule has 2 nitrogen and oxygen atoms in total. The predicted octanol–water partition coefficient (Wildman–Crippen LogP) is 3.60. The molecule has 0 amide bonds. The lowest BCUT2D eigenvalue weighted by molar-refractivity contribution is 0.427. The van der Waals surface area contributed by atoms with Crippen molar-refractivity contribution in [3.05, 3.63) is 15.6 Å². The van der Waals surface area contributed by atoms with Crippen molar-refractivity contribution in [3.8, 4) is 0 Å². The van der Waals surface area contributed by atoms with E-state index in [1.54, 1.807) is 11.3 Å². The van der Waals surface area contributed by atoms with Gasteiger partial charge in [0.15, 0.2) is 0 Å². The van der Waals surface area contributed by atoms with Crippen LogP contribution in [0.15, 0.2) is 0 Å². The molecule has 0 radical (unpaired) electrons. The second-order valence-corrected chi connectivity index (χ2v) is 5.48. The molecule has 1 unspecified atom stereocenters. The van der Waals surface area contributed by atoms with Gasteiger partial charge in [-0.1, -0.05) is 13.8 Å². The first-order chi connectivity index (χ1) is 7.08. The SMILES string of the molecule is CCC(CC)NC(C)c1nc(C)sc1C. The number of rotatable bonds is 5. The summed E-state index contributed by atoms with van der Waals surface area (Å²) in [6.07, 6.45) is 2.37. The lowest BCUT2D eigenvalue weighted by atomic mass is 10.1. The van der Waals surface area contributed by atoms with E-state index in [1.165, 1.54) is 28.4 Å². The van der Waals surface area contributed by atoms with Gasteiger partial charge in [-0.3, -0.25) is 0 Å². The van der Waals surface area contributed by atoms with Gasteiger partial charge in [0.2, 0.25) is 0 Å². The minimum atomic E-state index is 0.375. The molecular formula is C12H22N2S. The molecule has 0 fully saturated rings. The summed E-state index contributed by atoms with van der Waals surface area (Å²) in [5.41, 5.74) is 1.23. The summed E-state index contributed by atoms with van der Waals surface area (Å²) in [6, 6.07) is 0.987. The quantitative estimate of drug-likeness (QED) is 0.830. The Morgan fingerprint density at radius 2 is 1.87 bits per heavy atom. The van der Waals surface area contributed by atoms with E-state index in [4.69, 9.17) is 0 Å². The Labute approximate surface area is 97.1 Å². The fourth-order valence-corrected chi connectivity index (χ4v) is 2.82. The van der Waals surface area contributed by atoms with Gasteiger partial charge in [0.1, 0.15) is 0 Å². The van der Waals surface area contributed by atoms with Gasteiger partial charge in [-0.2, -0.15) is 0 Å². The number of thiazole rings is 1. The summed E-state index contributed by atoms with van der Waals surface area (Å²) in [5.74, 6) is 0. The van der Waals surface area contributed by atoms with Crippen molar-refractivity contribution in [2.45, 2.75) is 59.5 Å². The van der Waals surface area contributed by atoms with Crippen LogP contribution in [0.25, 0.3) is 0 Å². The van der Waals surface area contributed by atoms with Gasteiger partial charge in [-0.15, -0.1) is 11.3 Å². The third-order valence-electron chi connectivity index (χ3n) is 2.82. The first-order valence-electron chi connectivity index (χ1n) is 5.78. The number of nitrogens with zero attached hydrogens (tertiary/aromatic N) is 1. The highest BCUT2D eigenvalue weighted by atomic mass is 32.1. The van der Waals surface area contributed by atoms with E-state index < -0.39 is 0 Å². The fourth-order valence-electron chi connectivity index (χ4n) is 1.90. The maximum atomic E-state index is 4.59. The molecule has 0 aliphatic rings. The molecule has 0 saturated heterocycles. The molecule has 1 N–H and O–H groups in total. The Bertz CT molecular complexity index is 303. The number of nitrogens with one attached hydrogen (secondary N) is 1. The molecule has 0 saturated carbocycles. The average Bonchev–Trinajstić information content (AvgIpc) is 2.54. The summed E-state index contributed by atoms with van der Waals surface area (Å²) in [4.78, 5) is 5.93. The average molecular weight is 226 g/mol. The minimum absolute atomic E-state index is 0.375. The Morgan fingerprint density at radius 1 is 1.27 bits per heavy atom.